The maximum atomic E-state index is 12.0. The second-order valence-electron chi connectivity index (χ2n) is 5.12. The Balaban J connectivity index is 1.83. The zero-order valence-corrected chi connectivity index (χ0v) is 11.3. The quantitative estimate of drug-likeness (QED) is 0.758. The van der Waals surface area contributed by atoms with E-state index in [9.17, 15) is 4.79 Å². The molecule has 1 amide bonds. The first-order valence-corrected chi connectivity index (χ1v) is 6.77. The topological polar surface area (TPSA) is 41.1 Å². The van der Waals surface area contributed by atoms with Gasteiger partial charge in [0.15, 0.2) is 0 Å². The Bertz CT molecular complexity index is 425. The van der Waals surface area contributed by atoms with E-state index in [2.05, 4.69) is 10.6 Å². The van der Waals surface area contributed by atoms with Gasteiger partial charge in [-0.2, -0.15) is 0 Å². The van der Waals surface area contributed by atoms with Gasteiger partial charge in [0, 0.05) is 24.8 Å². The number of carbonyl (C=O) groups excluding carboxylic acids is 1. The lowest BCUT2D eigenvalue weighted by molar-refractivity contribution is 0.0952. The average molecular weight is 246 g/mol. The summed E-state index contributed by atoms with van der Waals surface area (Å²) in [6.45, 7) is 2.77. The second-order valence-corrected chi connectivity index (χ2v) is 5.12. The normalized spacial score (nSPS) is 14.3. The van der Waals surface area contributed by atoms with E-state index in [4.69, 9.17) is 0 Å². The number of amides is 1. The summed E-state index contributed by atoms with van der Waals surface area (Å²) in [7, 11) is 1.88. The fraction of sp³-hybridized carbons (Fsp3) is 0.533. The fourth-order valence-corrected chi connectivity index (χ4v) is 2.17. The average Bonchev–Trinajstić information content (AvgIpc) is 3.18. The molecule has 1 saturated carbocycles. The predicted molar refractivity (Wildman–Crippen MR) is 75.0 cm³/mol. The van der Waals surface area contributed by atoms with Crippen LogP contribution in [0.2, 0.25) is 0 Å². The third-order valence-electron chi connectivity index (χ3n) is 3.53. The van der Waals surface area contributed by atoms with Gasteiger partial charge < -0.3 is 10.6 Å². The lowest BCUT2D eigenvalue weighted by Crippen LogP contribution is -2.25. The van der Waals surface area contributed by atoms with Crippen LogP contribution in [0.3, 0.4) is 0 Å². The van der Waals surface area contributed by atoms with E-state index in [0.29, 0.717) is 0 Å². The number of aryl methyl sites for hydroxylation is 1. The molecule has 0 bridgehead atoms. The van der Waals surface area contributed by atoms with Crippen LogP contribution < -0.4 is 10.6 Å². The number of carbonyl (C=O) groups is 1. The van der Waals surface area contributed by atoms with Gasteiger partial charge in [0.25, 0.3) is 5.91 Å². The number of hydrogen-bond donors (Lipinski definition) is 2. The van der Waals surface area contributed by atoms with Crippen molar-refractivity contribution in [3.8, 4) is 0 Å². The van der Waals surface area contributed by atoms with Gasteiger partial charge in [0.1, 0.15) is 0 Å². The van der Waals surface area contributed by atoms with Gasteiger partial charge in [-0.05, 0) is 49.4 Å². The number of benzene rings is 1. The van der Waals surface area contributed by atoms with E-state index in [1.165, 1.54) is 19.3 Å². The molecule has 18 heavy (non-hydrogen) atoms. The van der Waals surface area contributed by atoms with Gasteiger partial charge in [-0.15, -0.1) is 0 Å². The van der Waals surface area contributed by atoms with Crippen LogP contribution in [0, 0.1) is 12.8 Å². The van der Waals surface area contributed by atoms with Crippen LogP contribution in [0.4, 0.5) is 5.69 Å². The van der Waals surface area contributed by atoms with E-state index >= 15 is 0 Å². The molecule has 0 unspecified atom stereocenters. The van der Waals surface area contributed by atoms with Crippen molar-refractivity contribution in [2.24, 2.45) is 5.92 Å². The molecule has 1 aromatic carbocycles. The third kappa shape index (κ3) is 3.49. The molecule has 0 heterocycles. The minimum Gasteiger partial charge on any atom is -0.388 e. The first kappa shape index (κ1) is 12.9. The SMILES string of the molecule is CNc1ccc(C(=O)NCCCC2CC2)c(C)c1. The Kier molecular flexibility index (Phi) is 4.24. The molecule has 0 aliphatic heterocycles. The van der Waals surface area contributed by atoms with Gasteiger partial charge in [-0.3, -0.25) is 4.79 Å². The molecule has 1 aliphatic rings. The van der Waals surface area contributed by atoms with E-state index in [1.54, 1.807) is 0 Å². The van der Waals surface area contributed by atoms with Crippen molar-refractivity contribution in [1.82, 2.24) is 5.32 Å². The fourth-order valence-electron chi connectivity index (χ4n) is 2.17. The van der Waals surface area contributed by atoms with Crippen molar-refractivity contribution in [2.45, 2.75) is 32.6 Å². The van der Waals surface area contributed by atoms with Crippen molar-refractivity contribution < 1.29 is 4.79 Å². The summed E-state index contributed by atoms with van der Waals surface area (Å²) >= 11 is 0. The number of rotatable bonds is 6. The summed E-state index contributed by atoms with van der Waals surface area (Å²) in [4.78, 5) is 12.0. The van der Waals surface area contributed by atoms with E-state index < -0.39 is 0 Å². The van der Waals surface area contributed by atoms with Crippen molar-refractivity contribution >= 4 is 11.6 Å². The summed E-state index contributed by atoms with van der Waals surface area (Å²) in [5.41, 5.74) is 2.83. The highest BCUT2D eigenvalue weighted by atomic mass is 16.1. The van der Waals surface area contributed by atoms with E-state index in [-0.39, 0.29) is 5.91 Å². The Morgan fingerprint density at radius 1 is 1.39 bits per heavy atom. The predicted octanol–water partition coefficient (Wildman–Crippen LogP) is 2.96. The molecule has 0 aromatic heterocycles. The molecule has 1 aliphatic carbocycles. The molecule has 0 radical (unpaired) electrons. The molecule has 0 saturated heterocycles. The van der Waals surface area contributed by atoms with E-state index in [1.807, 2.05) is 32.2 Å². The third-order valence-corrected chi connectivity index (χ3v) is 3.53. The Morgan fingerprint density at radius 2 is 2.17 bits per heavy atom. The van der Waals surface area contributed by atoms with Crippen LogP contribution in [0.5, 0.6) is 0 Å². The lowest BCUT2D eigenvalue weighted by Gasteiger charge is -2.09. The summed E-state index contributed by atoms with van der Waals surface area (Å²) < 4.78 is 0. The lowest BCUT2D eigenvalue weighted by atomic mass is 10.1. The summed E-state index contributed by atoms with van der Waals surface area (Å²) in [5.74, 6) is 0.990. The number of nitrogens with one attached hydrogen (secondary N) is 2. The standard InChI is InChI=1S/C15H22N2O/c1-11-10-13(16-2)7-8-14(11)15(18)17-9-3-4-12-5-6-12/h7-8,10,12,16H,3-6,9H2,1-2H3,(H,17,18). The van der Waals surface area contributed by atoms with Crippen LogP contribution >= 0.6 is 0 Å². The Hall–Kier alpha value is -1.51. The first-order chi connectivity index (χ1) is 8.70. The number of hydrogen-bond acceptors (Lipinski definition) is 2. The van der Waals surface area contributed by atoms with Gasteiger partial charge in [0.05, 0.1) is 0 Å². The minimum atomic E-state index is 0.0472. The van der Waals surface area contributed by atoms with Crippen LogP contribution in [0.25, 0.3) is 0 Å². The zero-order chi connectivity index (χ0) is 13.0. The van der Waals surface area contributed by atoms with Crippen LogP contribution in [-0.2, 0) is 0 Å². The largest absolute Gasteiger partial charge is 0.388 e. The smallest absolute Gasteiger partial charge is 0.251 e. The summed E-state index contributed by atoms with van der Waals surface area (Å²) in [6.07, 6.45) is 5.14. The molecular weight excluding hydrogens is 224 g/mol. The summed E-state index contributed by atoms with van der Waals surface area (Å²) in [6, 6.07) is 5.82. The van der Waals surface area contributed by atoms with Crippen LogP contribution in [0.15, 0.2) is 18.2 Å². The zero-order valence-electron chi connectivity index (χ0n) is 11.3. The monoisotopic (exact) mass is 246 g/mol. The molecule has 3 nitrogen and oxygen atoms in total. The Labute approximate surface area is 109 Å². The highest BCUT2D eigenvalue weighted by molar-refractivity contribution is 5.96. The molecule has 0 spiro atoms. The molecule has 3 heteroatoms. The highest BCUT2D eigenvalue weighted by Crippen LogP contribution is 2.33. The Morgan fingerprint density at radius 3 is 2.78 bits per heavy atom. The van der Waals surface area contributed by atoms with Gasteiger partial charge in [0.2, 0.25) is 0 Å². The van der Waals surface area contributed by atoms with Crippen molar-refractivity contribution in [1.29, 1.82) is 0 Å². The van der Waals surface area contributed by atoms with Crippen molar-refractivity contribution in [3.63, 3.8) is 0 Å². The van der Waals surface area contributed by atoms with Crippen LogP contribution in [-0.4, -0.2) is 19.5 Å². The molecule has 98 valence electrons. The van der Waals surface area contributed by atoms with Crippen molar-refractivity contribution in [2.75, 3.05) is 18.9 Å². The molecule has 0 atom stereocenters. The number of anilines is 1. The second kappa shape index (κ2) is 5.89. The molecule has 2 rings (SSSR count). The van der Waals surface area contributed by atoms with E-state index in [0.717, 1.165) is 35.7 Å². The van der Waals surface area contributed by atoms with Gasteiger partial charge >= 0.3 is 0 Å². The van der Waals surface area contributed by atoms with Crippen LogP contribution in [0.1, 0.15) is 41.6 Å². The highest BCUT2D eigenvalue weighted by Gasteiger charge is 2.20. The maximum Gasteiger partial charge on any atom is 0.251 e. The van der Waals surface area contributed by atoms with Crippen molar-refractivity contribution in [3.05, 3.63) is 29.3 Å². The van der Waals surface area contributed by atoms with Gasteiger partial charge in [-0.1, -0.05) is 12.8 Å². The van der Waals surface area contributed by atoms with Gasteiger partial charge in [-0.25, -0.2) is 0 Å². The summed E-state index contributed by atoms with van der Waals surface area (Å²) in [5, 5.41) is 6.07. The molecule has 2 N–H and O–H groups in total. The molecular formula is C15H22N2O. The minimum absolute atomic E-state index is 0.0472. The maximum absolute atomic E-state index is 12.0. The molecule has 1 fully saturated rings. The first-order valence-electron chi connectivity index (χ1n) is 6.77. The molecule has 1 aromatic rings.